The van der Waals surface area contributed by atoms with Crippen LogP contribution in [-0.4, -0.2) is 7.05 Å². The van der Waals surface area contributed by atoms with Gasteiger partial charge in [-0.05, 0) is 74.5 Å². The van der Waals surface area contributed by atoms with E-state index in [1.165, 1.54) is 62.5 Å². The van der Waals surface area contributed by atoms with Crippen molar-refractivity contribution in [3.05, 3.63) is 35.4 Å². The second kappa shape index (κ2) is 6.96. The third-order valence-electron chi connectivity index (χ3n) is 5.97. The fourth-order valence-corrected chi connectivity index (χ4v) is 4.69. The minimum Gasteiger partial charge on any atom is -0.313 e. The summed E-state index contributed by atoms with van der Waals surface area (Å²) in [6.07, 6.45) is 11.2. The van der Waals surface area contributed by atoms with E-state index in [4.69, 9.17) is 0 Å². The SMILES string of the molecule is CCCCc1ccc(C(CC2CC3CCC2C3)NC)cc1. The van der Waals surface area contributed by atoms with Crippen LogP contribution in [0.3, 0.4) is 0 Å². The summed E-state index contributed by atoms with van der Waals surface area (Å²) in [6, 6.07) is 9.96. The monoisotopic (exact) mass is 285 g/mol. The van der Waals surface area contributed by atoms with Crippen LogP contribution in [0.25, 0.3) is 0 Å². The van der Waals surface area contributed by atoms with Crippen molar-refractivity contribution >= 4 is 0 Å². The van der Waals surface area contributed by atoms with E-state index in [-0.39, 0.29) is 0 Å². The molecule has 2 aliphatic carbocycles. The highest BCUT2D eigenvalue weighted by Gasteiger charge is 2.40. The van der Waals surface area contributed by atoms with Crippen LogP contribution in [0.2, 0.25) is 0 Å². The molecule has 116 valence electrons. The van der Waals surface area contributed by atoms with Crippen LogP contribution >= 0.6 is 0 Å². The Labute approximate surface area is 130 Å². The van der Waals surface area contributed by atoms with Gasteiger partial charge in [-0.3, -0.25) is 0 Å². The lowest BCUT2D eigenvalue weighted by Gasteiger charge is -2.27. The zero-order valence-electron chi connectivity index (χ0n) is 13.8. The first-order valence-electron chi connectivity index (χ1n) is 9.06. The Balaban J connectivity index is 1.60. The largest absolute Gasteiger partial charge is 0.313 e. The molecule has 21 heavy (non-hydrogen) atoms. The molecule has 0 heterocycles. The minimum absolute atomic E-state index is 0.551. The van der Waals surface area contributed by atoms with E-state index in [2.05, 4.69) is 43.6 Å². The maximum absolute atomic E-state index is 3.57. The van der Waals surface area contributed by atoms with Crippen molar-refractivity contribution < 1.29 is 0 Å². The summed E-state index contributed by atoms with van der Waals surface area (Å²) in [5, 5.41) is 3.57. The van der Waals surface area contributed by atoms with E-state index in [1.807, 2.05) is 0 Å². The number of rotatable bonds is 7. The van der Waals surface area contributed by atoms with Gasteiger partial charge in [0, 0.05) is 6.04 Å². The average molecular weight is 285 g/mol. The molecule has 2 fully saturated rings. The maximum Gasteiger partial charge on any atom is 0.0320 e. The molecule has 0 aliphatic heterocycles. The summed E-state index contributed by atoms with van der Waals surface area (Å²) in [6.45, 7) is 2.26. The van der Waals surface area contributed by atoms with Gasteiger partial charge in [-0.25, -0.2) is 0 Å². The first-order chi connectivity index (χ1) is 10.3. The molecule has 2 bridgehead atoms. The number of nitrogens with one attached hydrogen (secondary N) is 1. The van der Waals surface area contributed by atoms with E-state index in [0.717, 1.165) is 17.8 Å². The summed E-state index contributed by atoms with van der Waals surface area (Å²) in [4.78, 5) is 0. The number of benzene rings is 1. The molecule has 0 aromatic heterocycles. The van der Waals surface area contributed by atoms with Crippen molar-refractivity contribution in [1.82, 2.24) is 5.32 Å². The van der Waals surface area contributed by atoms with Crippen LogP contribution < -0.4 is 5.32 Å². The Bertz CT molecular complexity index is 436. The van der Waals surface area contributed by atoms with Gasteiger partial charge < -0.3 is 5.32 Å². The lowest BCUT2D eigenvalue weighted by Crippen LogP contribution is -2.22. The Morgan fingerprint density at radius 3 is 2.52 bits per heavy atom. The highest BCUT2D eigenvalue weighted by molar-refractivity contribution is 5.25. The molecule has 4 unspecified atom stereocenters. The van der Waals surface area contributed by atoms with E-state index >= 15 is 0 Å². The predicted octanol–water partition coefficient (Wildman–Crippen LogP) is 5.12. The van der Waals surface area contributed by atoms with Gasteiger partial charge in [-0.2, -0.15) is 0 Å². The van der Waals surface area contributed by atoms with Crippen molar-refractivity contribution in [2.75, 3.05) is 7.05 Å². The van der Waals surface area contributed by atoms with Crippen LogP contribution in [0, 0.1) is 17.8 Å². The first kappa shape index (κ1) is 15.1. The zero-order chi connectivity index (χ0) is 14.7. The molecule has 3 rings (SSSR count). The van der Waals surface area contributed by atoms with Gasteiger partial charge in [0.25, 0.3) is 0 Å². The van der Waals surface area contributed by atoms with Crippen LogP contribution in [0.15, 0.2) is 24.3 Å². The molecular formula is C20H31N. The lowest BCUT2D eigenvalue weighted by atomic mass is 9.82. The smallest absolute Gasteiger partial charge is 0.0320 e. The van der Waals surface area contributed by atoms with E-state index in [9.17, 15) is 0 Å². The lowest BCUT2D eigenvalue weighted by molar-refractivity contribution is 0.284. The van der Waals surface area contributed by atoms with E-state index < -0.39 is 0 Å². The van der Waals surface area contributed by atoms with E-state index in [1.54, 1.807) is 0 Å². The van der Waals surface area contributed by atoms with Crippen molar-refractivity contribution in [3.8, 4) is 0 Å². The molecule has 1 aromatic carbocycles. The second-order valence-electron chi connectivity index (χ2n) is 7.36. The van der Waals surface area contributed by atoms with Crippen LogP contribution in [-0.2, 0) is 6.42 Å². The Morgan fingerprint density at radius 2 is 1.95 bits per heavy atom. The number of hydrogen-bond donors (Lipinski definition) is 1. The minimum atomic E-state index is 0.551. The van der Waals surface area contributed by atoms with Gasteiger partial charge in [-0.1, -0.05) is 44.0 Å². The number of hydrogen-bond acceptors (Lipinski definition) is 1. The number of fused-ring (bicyclic) bond motifs is 2. The molecule has 4 atom stereocenters. The molecule has 0 amide bonds. The second-order valence-corrected chi connectivity index (χ2v) is 7.36. The fraction of sp³-hybridized carbons (Fsp3) is 0.700. The summed E-state index contributed by atoms with van der Waals surface area (Å²) < 4.78 is 0. The van der Waals surface area contributed by atoms with Gasteiger partial charge in [-0.15, -0.1) is 0 Å². The molecule has 1 nitrogen and oxygen atoms in total. The Kier molecular flexibility index (Phi) is 5.00. The molecule has 1 N–H and O–H groups in total. The highest BCUT2D eigenvalue weighted by atomic mass is 14.9. The van der Waals surface area contributed by atoms with Crippen molar-refractivity contribution in [1.29, 1.82) is 0 Å². The van der Waals surface area contributed by atoms with Gasteiger partial charge in [0.2, 0.25) is 0 Å². The predicted molar refractivity (Wildman–Crippen MR) is 90.4 cm³/mol. The number of unbranched alkanes of at least 4 members (excludes halogenated alkanes) is 1. The Morgan fingerprint density at radius 1 is 1.14 bits per heavy atom. The maximum atomic E-state index is 3.57. The molecule has 1 aromatic rings. The Hall–Kier alpha value is -0.820. The molecule has 2 aliphatic rings. The molecule has 0 spiro atoms. The van der Waals surface area contributed by atoms with Gasteiger partial charge in [0.15, 0.2) is 0 Å². The van der Waals surface area contributed by atoms with Gasteiger partial charge in [0.05, 0.1) is 0 Å². The normalized spacial score (nSPS) is 29.0. The highest BCUT2D eigenvalue weighted by Crippen LogP contribution is 2.50. The summed E-state index contributed by atoms with van der Waals surface area (Å²) in [5.74, 6) is 3.07. The van der Waals surface area contributed by atoms with Crippen LogP contribution in [0.5, 0.6) is 0 Å². The van der Waals surface area contributed by atoms with Crippen LogP contribution in [0.1, 0.15) is 69.0 Å². The topological polar surface area (TPSA) is 12.0 Å². The average Bonchev–Trinajstić information content (AvgIpc) is 3.14. The third kappa shape index (κ3) is 3.51. The van der Waals surface area contributed by atoms with Crippen LogP contribution in [0.4, 0.5) is 0 Å². The van der Waals surface area contributed by atoms with E-state index in [0.29, 0.717) is 6.04 Å². The molecular weight excluding hydrogens is 254 g/mol. The summed E-state index contributed by atoms with van der Waals surface area (Å²) in [7, 11) is 2.13. The fourth-order valence-electron chi connectivity index (χ4n) is 4.69. The standard InChI is InChI=1S/C20H31N/c1-3-4-5-15-6-9-17(10-7-15)20(21-2)14-19-13-16-8-11-18(19)12-16/h6-7,9-10,16,18-21H,3-5,8,11-14H2,1-2H3. The van der Waals surface area contributed by atoms with Crippen molar-refractivity contribution in [3.63, 3.8) is 0 Å². The zero-order valence-corrected chi connectivity index (χ0v) is 13.8. The molecule has 0 radical (unpaired) electrons. The van der Waals surface area contributed by atoms with Gasteiger partial charge in [0.1, 0.15) is 0 Å². The first-order valence-corrected chi connectivity index (χ1v) is 9.06. The van der Waals surface area contributed by atoms with Crippen molar-refractivity contribution in [2.45, 2.75) is 64.3 Å². The third-order valence-corrected chi connectivity index (χ3v) is 5.97. The molecule has 2 saturated carbocycles. The molecule has 0 saturated heterocycles. The summed E-state index contributed by atoms with van der Waals surface area (Å²) in [5.41, 5.74) is 2.98. The number of aryl methyl sites for hydroxylation is 1. The van der Waals surface area contributed by atoms with Gasteiger partial charge >= 0.3 is 0 Å². The quantitative estimate of drug-likeness (QED) is 0.733. The van der Waals surface area contributed by atoms with Crippen molar-refractivity contribution in [2.24, 2.45) is 17.8 Å². The molecule has 1 heteroatoms. The summed E-state index contributed by atoms with van der Waals surface area (Å²) >= 11 is 0.